The first-order valence-electron chi connectivity index (χ1n) is 4.64. The Morgan fingerprint density at radius 3 is 2.81 bits per heavy atom. The number of allylic oxidation sites excluding steroid dienone is 1. The first kappa shape index (κ1) is 10.2. The molecule has 2 N–H and O–H groups in total. The van der Waals surface area contributed by atoms with Crippen molar-refractivity contribution in [3.63, 3.8) is 0 Å². The number of hydrogen-bond donors (Lipinski definition) is 1. The number of carbonyl (C=O) groups is 2. The third kappa shape index (κ3) is 2.03. The summed E-state index contributed by atoms with van der Waals surface area (Å²) in [4.78, 5) is 21.7. The average Bonchev–Trinajstić information content (AvgIpc) is 2.27. The van der Waals surface area contributed by atoms with Crippen molar-refractivity contribution in [2.24, 2.45) is 5.73 Å². The highest BCUT2D eigenvalue weighted by Gasteiger charge is 2.20. The van der Waals surface area contributed by atoms with Crippen LogP contribution in [-0.4, -0.2) is 12.1 Å². The van der Waals surface area contributed by atoms with Crippen molar-refractivity contribution in [3.8, 4) is 5.75 Å². The van der Waals surface area contributed by atoms with Crippen LogP contribution in [0.5, 0.6) is 5.75 Å². The van der Waals surface area contributed by atoms with Gasteiger partial charge >= 0.3 is 12.1 Å². The lowest BCUT2D eigenvalue weighted by molar-refractivity contribution is -0.135. The Labute approximate surface area is 91.5 Å². The number of fused-ring (bicyclic) bond motifs is 1. The summed E-state index contributed by atoms with van der Waals surface area (Å²) >= 11 is 0. The van der Waals surface area contributed by atoms with Crippen LogP contribution in [0.15, 0.2) is 36.1 Å². The summed E-state index contributed by atoms with van der Waals surface area (Å²) < 4.78 is 9.48. The topological polar surface area (TPSA) is 78.6 Å². The van der Waals surface area contributed by atoms with Crippen LogP contribution in [0.3, 0.4) is 0 Å². The van der Waals surface area contributed by atoms with Gasteiger partial charge in [-0.1, -0.05) is 18.2 Å². The zero-order valence-corrected chi connectivity index (χ0v) is 8.30. The largest absolute Gasteiger partial charge is 0.450 e. The Hall–Kier alpha value is -2.30. The molecule has 82 valence electrons. The third-order valence-electron chi connectivity index (χ3n) is 2.09. The van der Waals surface area contributed by atoms with E-state index in [2.05, 4.69) is 4.74 Å². The van der Waals surface area contributed by atoms with Crippen molar-refractivity contribution in [2.75, 3.05) is 0 Å². The van der Waals surface area contributed by atoms with E-state index in [0.29, 0.717) is 12.2 Å². The van der Waals surface area contributed by atoms with Gasteiger partial charge in [0.25, 0.3) is 0 Å². The minimum absolute atomic E-state index is 0.0162. The fraction of sp³-hybridized carbons (Fsp3) is 0.0909. The van der Waals surface area contributed by atoms with E-state index in [4.69, 9.17) is 10.5 Å². The Morgan fingerprint density at radius 1 is 1.31 bits per heavy atom. The molecule has 0 fully saturated rings. The quantitative estimate of drug-likeness (QED) is 0.567. The molecule has 1 aliphatic rings. The fourth-order valence-corrected chi connectivity index (χ4v) is 1.40. The molecule has 2 rings (SSSR count). The number of hydrogen-bond acceptors (Lipinski definition) is 4. The lowest BCUT2D eigenvalue weighted by Gasteiger charge is -2.15. The maximum atomic E-state index is 11.3. The summed E-state index contributed by atoms with van der Waals surface area (Å²) in [6, 6.07) is 7.30. The Kier molecular flexibility index (Phi) is 2.59. The highest BCUT2D eigenvalue weighted by molar-refractivity contribution is 5.94. The van der Waals surface area contributed by atoms with E-state index in [-0.39, 0.29) is 5.76 Å². The van der Waals surface area contributed by atoms with Crippen molar-refractivity contribution >= 4 is 12.1 Å². The minimum Gasteiger partial charge on any atom is -0.450 e. The summed E-state index contributed by atoms with van der Waals surface area (Å²) in [7, 11) is 0. The van der Waals surface area contributed by atoms with Crippen molar-refractivity contribution in [3.05, 3.63) is 41.7 Å². The molecule has 1 heterocycles. The first-order chi connectivity index (χ1) is 7.66. The second kappa shape index (κ2) is 4.06. The molecule has 0 bridgehead atoms. The van der Waals surface area contributed by atoms with Crippen LogP contribution in [0.25, 0.3) is 0 Å². The number of nitrogens with two attached hydrogens (primary N) is 1. The van der Waals surface area contributed by atoms with E-state index in [1.807, 2.05) is 12.1 Å². The minimum atomic E-state index is -1.15. The zero-order valence-electron chi connectivity index (χ0n) is 8.30. The normalized spacial score (nSPS) is 13.1. The predicted molar refractivity (Wildman–Crippen MR) is 54.5 cm³/mol. The van der Waals surface area contributed by atoms with E-state index >= 15 is 0 Å². The Morgan fingerprint density at radius 2 is 2.06 bits per heavy atom. The molecule has 0 saturated carbocycles. The molecule has 0 radical (unpaired) electrons. The molecular weight excluding hydrogens is 210 g/mol. The summed E-state index contributed by atoms with van der Waals surface area (Å²) in [5.41, 5.74) is 5.70. The van der Waals surface area contributed by atoms with Crippen LogP contribution in [0, 0.1) is 0 Å². The number of esters is 1. The zero-order chi connectivity index (χ0) is 11.5. The molecule has 16 heavy (non-hydrogen) atoms. The maximum absolute atomic E-state index is 11.3. The van der Waals surface area contributed by atoms with Crippen molar-refractivity contribution in [1.82, 2.24) is 0 Å². The molecule has 1 aromatic carbocycles. The van der Waals surface area contributed by atoms with Crippen LogP contribution >= 0.6 is 0 Å². The van der Waals surface area contributed by atoms with Gasteiger partial charge in [-0.15, -0.1) is 0 Å². The van der Waals surface area contributed by atoms with E-state index in [9.17, 15) is 9.59 Å². The van der Waals surface area contributed by atoms with Crippen LogP contribution in [0.2, 0.25) is 0 Å². The van der Waals surface area contributed by atoms with Gasteiger partial charge < -0.3 is 15.2 Å². The van der Waals surface area contributed by atoms with Gasteiger partial charge in [0.05, 0.1) is 0 Å². The van der Waals surface area contributed by atoms with Gasteiger partial charge in [-0.25, -0.2) is 9.59 Å². The van der Waals surface area contributed by atoms with Gasteiger partial charge in [0.15, 0.2) is 0 Å². The van der Waals surface area contributed by atoms with Gasteiger partial charge in [-0.3, -0.25) is 0 Å². The summed E-state index contributed by atoms with van der Waals surface area (Å²) in [5, 5.41) is 0. The molecule has 0 aliphatic carbocycles. The summed E-state index contributed by atoms with van der Waals surface area (Å²) in [6.07, 6.45) is 0.959. The molecule has 0 aromatic heterocycles. The van der Waals surface area contributed by atoms with Crippen LogP contribution in [0.4, 0.5) is 4.79 Å². The van der Waals surface area contributed by atoms with Crippen molar-refractivity contribution in [2.45, 2.75) is 6.42 Å². The molecule has 5 nitrogen and oxygen atoms in total. The molecule has 1 aliphatic heterocycles. The lowest BCUT2D eigenvalue weighted by Crippen LogP contribution is -2.23. The van der Waals surface area contributed by atoms with E-state index in [1.165, 1.54) is 0 Å². The number of primary amides is 1. The molecule has 1 aromatic rings. The smallest absolute Gasteiger partial charge is 0.412 e. The van der Waals surface area contributed by atoms with E-state index in [1.54, 1.807) is 18.2 Å². The predicted octanol–water partition coefficient (Wildman–Crippen LogP) is 1.13. The highest BCUT2D eigenvalue weighted by Crippen LogP contribution is 2.25. The van der Waals surface area contributed by atoms with E-state index in [0.717, 1.165) is 5.56 Å². The second-order valence-corrected chi connectivity index (χ2v) is 3.19. The highest BCUT2D eigenvalue weighted by atomic mass is 16.6. The van der Waals surface area contributed by atoms with Gasteiger partial charge in [0.1, 0.15) is 5.75 Å². The number of carbonyl (C=O) groups excluding carboxylic acids is 2. The standard InChI is InChI=1S/C11H9NO4/c12-11(14)16-10(13)9-6-5-7-3-1-2-4-8(7)15-9/h1-4,6H,5H2,(H2,12,14). The number of rotatable bonds is 1. The van der Waals surface area contributed by atoms with Crippen LogP contribution in [0.1, 0.15) is 5.56 Å². The number of ether oxygens (including phenoxy) is 2. The molecule has 1 amide bonds. The maximum Gasteiger partial charge on any atom is 0.412 e. The monoisotopic (exact) mass is 219 g/mol. The van der Waals surface area contributed by atoms with Crippen LogP contribution < -0.4 is 10.5 Å². The van der Waals surface area contributed by atoms with Crippen LogP contribution in [-0.2, 0) is 16.0 Å². The van der Waals surface area contributed by atoms with Gasteiger partial charge in [0, 0.05) is 0 Å². The van der Waals surface area contributed by atoms with E-state index < -0.39 is 12.1 Å². The lowest BCUT2D eigenvalue weighted by atomic mass is 10.1. The molecule has 5 heteroatoms. The Balaban J connectivity index is 2.15. The van der Waals surface area contributed by atoms with Crippen molar-refractivity contribution in [1.29, 1.82) is 0 Å². The summed E-state index contributed by atoms with van der Waals surface area (Å²) in [6.45, 7) is 0. The molecule has 0 atom stereocenters. The fourth-order valence-electron chi connectivity index (χ4n) is 1.40. The third-order valence-corrected chi connectivity index (χ3v) is 2.09. The van der Waals surface area contributed by atoms with Gasteiger partial charge in [0.2, 0.25) is 5.76 Å². The number of benzene rings is 1. The Bertz CT molecular complexity index is 479. The average molecular weight is 219 g/mol. The SMILES string of the molecule is NC(=O)OC(=O)C1=CCc2ccccc2O1. The molecule has 0 spiro atoms. The van der Waals surface area contributed by atoms with Gasteiger partial charge in [-0.05, 0) is 24.1 Å². The molecule has 0 unspecified atom stereocenters. The number of para-hydroxylation sites is 1. The van der Waals surface area contributed by atoms with Gasteiger partial charge in [-0.2, -0.15) is 0 Å². The summed E-state index contributed by atoms with van der Waals surface area (Å²) in [5.74, 6) is -0.305. The number of amides is 1. The molecular formula is C11H9NO4. The second-order valence-electron chi connectivity index (χ2n) is 3.19. The first-order valence-corrected chi connectivity index (χ1v) is 4.64. The van der Waals surface area contributed by atoms with Crippen molar-refractivity contribution < 1.29 is 19.1 Å². The molecule has 0 saturated heterocycles.